The highest BCUT2D eigenvalue weighted by Gasteiger charge is 2.33. The van der Waals surface area contributed by atoms with Gasteiger partial charge >= 0.3 is 0 Å². The van der Waals surface area contributed by atoms with Gasteiger partial charge in [0, 0.05) is 0 Å². The van der Waals surface area contributed by atoms with Gasteiger partial charge < -0.3 is 5.32 Å². The van der Waals surface area contributed by atoms with Crippen molar-refractivity contribution in [2.24, 2.45) is 0 Å². The zero-order chi connectivity index (χ0) is 23.5. The summed E-state index contributed by atoms with van der Waals surface area (Å²) in [4.78, 5) is 13.3. The number of carbonyl (C=O) groups excluding carboxylic acids is 1. The number of hydrogen-bond donors (Lipinski definition) is 1. The SMILES string of the molecule is CC[C@H](C(=O)N[C@H](CC)c1ccc2c(c1)CCCC2)N(c1ccc(Cl)c(Cl)c1)S(C)(=O)=O. The van der Waals surface area contributed by atoms with Gasteiger partial charge in [0.2, 0.25) is 15.9 Å². The lowest BCUT2D eigenvalue weighted by Gasteiger charge is -2.32. The minimum Gasteiger partial charge on any atom is -0.347 e. The van der Waals surface area contributed by atoms with Crippen molar-refractivity contribution < 1.29 is 13.2 Å². The molecule has 174 valence electrons. The Labute approximate surface area is 201 Å². The summed E-state index contributed by atoms with van der Waals surface area (Å²) in [6, 6.07) is 9.89. The van der Waals surface area contributed by atoms with Gasteiger partial charge in [-0.1, -0.05) is 55.2 Å². The summed E-state index contributed by atoms with van der Waals surface area (Å²) in [5, 5.41) is 3.63. The van der Waals surface area contributed by atoms with Gasteiger partial charge in [0.25, 0.3) is 0 Å². The maximum Gasteiger partial charge on any atom is 0.244 e. The minimum absolute atomic E-state index is 0.195. The monoisotopic (exact) mass is 496 g/mol. The summed E-state index contributed by atoms with van der Waals surface area (Å²) >= 11 is 12.1. The van der Waals surface area contributed by atoms with Crippen molar-refractivity contribution in [1.29, 1.82) is 0 Å². The molecule has 8 heteroatoms. The van der Waals surface area contributed by atoms with E-state index in [4.69, 9.17) is 23.2 Å². The van der Waals surface area contributed by atoms with E-state index in [0.717, 1.165) is 29.0 Å². The van der Waals surface area contributed by atoms with Crippen LogP contribution in [0, 0.1) is 0 Å². The molecule has 0 heterocycles. The summed E-state index contributed by atoms with van der Waals surface area (Å²) in [5.41, 5.74) is 4.10. The van der Waals surface area contributed by atoms with Gasteiger partial charge in [0.15, 0.2) is 0 Å². The van der Waals surface area contributed by atoms with Crippen molar-refractivity contribution in [3.8, 4) is 0 Å². The van der Waals surface area contributed by atoms with E-state index >= 15 is 0 Å². The number of nitrogens with zero attached hydrogens (tertiary/aromatic N) is 1. The van der Waals surface area contributed by atoms with Crippen LogP contribution in [0.25, 0.3) is 0 Å². The molecule has 0 aromatic heterocycles. The number of sulfonamides is 1. The molecule has 1 aliphatic rings. The summed E-state index contributed by atoms with van der Waals surface area (Å²) in [6.07, 6.45) is 6.66. The maximum atomic E-state index is 13.3. The Balaban J connectivity index is 1.89. The number of fused-ring (bicyclic) bond motifs is 1. The fraction of sp³-hybridized carbons (Fsp3) is 0.458. The predicted octanol–water partition coefficient (Wildman–Crippen LogP) is 5.68. The molecule has 0 fully saturated rings. The molecule has 5 nitrogen and oxygen atoms in total. The molecule has 0 radical (unpaired) electrons. The van der Waals surface area contributed by atoms with Crippen molar-refractivity contribution >= 4 is 44.8 Å². The molecule has 2 aromatic rings. The number of nitrogens with one attached hydrogen (secondary N) is 1. The largest absolute Gasteiger partial charge is 0.347 e. The predicted molar refractivity (Wildman–Crippen MR) is 132 cm³/mol. The van der Waals surface area contributed by atoms with Crippen LogP contribution in [0.1, 0.15) is 62.3 Å². The van der Waals surface area contributed by atoms with Crippen molar-refractivity contribution in [2.75, 3.05) is 10.6 Å². The fourth-order valence-corrected chi connectivity index (χ4v) is 5.84. The van der Waals surface area contributed by atoms with E-state index in [1.807, 2.05) is 6.92 Å². The first kappa shape index (κ1) is 24.9. The molecule has 0 saturated carbocycles. The lowest BCUT2D eigenvalue weighted by molar-refractivity contribution is -0.123. The van der Waals surface area contributed by atoms with E-state index < -0.39 is 16.1 Å². The van der Waals surface area contributed by atoms with Crippen molar-refractivity contribution in [3.05, 3.63) is 63.1 Å². The van der Waals surface area contributed by atoms with Gasteiger partial charge in [-0.2, -0.15) is 0 Å². The first-order valence-electron chi connectivity index (χ1n) is 11.0. The summed E-state index contributed by atoms with van der Waals surface area (Å²) in [6.45, 7) is 3.80. The van der Waals surface area contributed by atoms with Crippen molar-refractivity contribution in [2.45, 2.75) is 64.5 Å². The van der Waals surface area contributed by atoms with Crippen molar-refractivity contribution in [1.82, 2.24) is 5.32 Å². The lowest BCUT2D eigenvalue weighted by Crippen LogP contribution is -2.50. The van der Waals surface area contributed by atoms with Crippen LogP contribution >= 0.6 is 23.2 Å². The quantitative estimate of drug-likeness (QED) is 0.510. The number of hydrogen-bond acceptors (Lipinski definition) is 3. The van der Waals surface area contributed by atoms with Crippen LogP contribution in [0.4, 0.5) is 5.69 Å². The number of carbonyl (C=O) groups is 1. The molecule has 1 aliphatic carbocycles. The smallest absolute Gasteiger partial charge is 0.244 e. The highest BCUT2D eigenvalue weighted by molar-refractivity contribution is 7.92. The topological polar surface area (TPSA) is 66.5 Å². The third-order valence-corrected chi connectivity index (χ3v) is 7.91. The van der Waals surface area contributed by atoms with Gasteiger partial charge in [-0.05, 0) is 73.4 Å². The third-order valence-electron chi connectivity index (χ3n) is 5.99. The second-order valence-corrected chi connectivity index (χ2v) is 11.0. The average molecular weight is 497 g/mol. The van der Waals surface area contributed by atoms with Gasteiger partial charge in [-0.3, -0.25) is 9.10 Å². The van der Waals surface area contributed by atoms with Crippen LogP contribution in [-0.2, 0) is 27.7 Å². The van der Waals surface area contributed by atoms with Crippen LogP contribution < -0.4 is 9.62 Å². The van der Waals surface area contributed by atoms with Gasteiger partial charge in [-0.25, -0.2) is 8.42 Å². The molecule has 2 aromatic carbocycles. The van der Waals surface area contributed by atoms with E-state index in [2.05, 4.69) is 23.5 Å². The zero-order valence-electron chi connectivity index (χ0n) is 18.7. The Hall–Kier alpha value is -1.76. The lowest BCUT2D eigenvalue weighted by atomic mass is 9.88. The molecule has 2 atom stereocenters. The first-order valence-corrected chi connectivity index (χ1v) is 13.6. The second kappa shape index (κ2) is 10.4. The molecule has 0 spiro atoms. The number of aryl methyl sites for hydroxylation is 2. The Bertz CT molecular complexity index is 1090. The highest BCUT2D eigenvalue weighted by Crippen LogP contribution is 2.31. The van der Waals surface area contributed by atoms with Crippen LogP contribution in [-0.4, -0.2) is 26.6 Å². The first-order chi connectivity index (χ1) is 15.2. The number of benzene rings is 2. The summed E-state index contributed by atoms with van der Waals surface area (Å²) < 4.78 is 26.5. The van der Waals surface area contributed by atoms with Gasteiger partial charge in [0.05, 0.1) is 28.0 Å². The molecule has 0 saturated heterocycles. The van der Waals surface area contributed by atoms with E-state index in [0.29, 0.717) is 23.6 Å². The number of halogens is 2. The molecule has 0 bridgehead atoms. The normalized spacial score (nSPS) is 15.5. The minimum atomic E-state index is -3.75. The molecular formula is C24H30Cl2N2O3S. The number of anilines is 1. The van der Waals surface area contributed by atoms with Gasteiger partial charge in [-0.15, -0.1) is 0 Å². The number of amides is 1. The average Bonchev–Trinajstić information content (AvgIpc) is 2.76. The molecule has 0 aliphatic heterocycles. The second-order valence-electron chi connectivity index (χ2n) is 8.29. The Morgan fingerprint density at radius 3 is 2.28 bits per heavy atom. The Morgan fingerprint density at radius 1 is 1.00 bits per heavy atom. The standard InChI is InChI=1S/C24H30Cl2N2O3S/c1-4-22(18-11-10-16-8-6-7-9-17(16)14-18)27-24(29)23(5-2)28(32(3,30)31)19-12-13-20(25)21(26)15-19/h10-15,22-23H,4-9H2,1-3H3,(H,27,29)/t22-,23-/m1/s1. The molecule has 3 rings (SSSR count). The van der Waals surface area contributed by atoms with Crippen LogP contribution in [0.15, 0.2) is 36.4 Å². The molecule has 1 amide bonds. The zero-order valence-corrected chi connectivity index (χ0v) is 21.0. The van der Waals surface area contributed by atoms with E-state index in [9.17, 15) is 13.2 Å². The Morgan fingerprint density at radius 2 is 1.69 bits per heavy atom. The Kier molecular flexibility index (Phi) is 8.12. The third kappa shape index (κ3) is 5.59. The molecule has 0 unspecified atom stereocenters. The fourth-order valence-electron chi connectivity index (χ4n) is 4.34. The summed E-state index contributed by atoms with van der Waals surface area (Å²) in [5.74, 6) is -0.339. The maximum absolute atomic E-state index is 13.3. The van der Waals surface area contributed by atoms with Crippen LogP contribution in [0.5, 0.6) is 0 Å². The van der Waals surface area contributed by atoms with E-state index in [1.54, 1.807) is 13.0 Å². The number of rotatable bonds is 8. The van der Waals surface area contributed by atoms with E-state index in [1.165, 1.54) is 36.1 Å². The van der Waals surface area contributed by atoms with Crippen LogP contribution in [0.2, 0.25) is 10.0 Å². The van der Waals surface area contributed by atoms with Gasteiger partial charge in [0.1, 0.15) is 6.04 Å². The summed E-state index contributed by atoms with van der Waals surface area (Å²) in [7, 11) is -3.75. The highest BCUT2D eigenvalue weighted by atomic mass is 35.5. The molecule has 1 N–H and O–H groups in total. The van der Waals surface area contributed by atoms with Crippen LogP contribution in [0.3, 0.4) is 0 Å². The molecular weight excluding hydrogens is 467 g/mol. The van der Waals surface area contributed by atoms with E-state index in [-0.39, 0.29) is 17.0 Å². The van der Waals surface area contributed by atoms with Crippen molar-refractivity contribution in [3.63, 3.8) is 0 Å². The molecule has 32 heavy (non-hydrogen) atoms.